The lowest BCUT2D eigenvalue weighted by molar-refractivity contribution is -0.115. The smallest absolute Gasteiger partial charge is 0.335 e. The second-order valence-corrected chi connectivity index (χ2v) is 3.73. The minimum Gasteiger partial charge on any atom is -0.478 e. The lowest BCUT2D eigenvalue weighted by Crippen LogP contribution is -2.39. The Kier molecular flexibility index (Phi) is 2.97. The van der Waals surface area contributed by atoms with Crippen LogP contribution in [0.15, 0.2) is 18.2 Å². The maximum absolute atomic E-state index is 11.4. The maximum Gasteiger partial charge on any atom is 0.335 e. The normalized spacial score (nSPS) is 14.2. The first-order valence-corrected chi connectivity index (χ1v) is 5.15. The van der Waals surface area contributed by atoms with E-state index in [1.807, 2.05) is 0 Å². The number of carboxylic acids is 1. The highest BCUT2D eigenvalue weighted by atomic mass is 16.4. The van der Waals surface area contributed by atoms with Gasteiger partial charge in [0.2, 0.25) is 5.91 Å². The summed E-state index contributed by atoms with van der Waals surface area (Å²) in [5.74, 6) is -1.19. The summed E-state index contributed by atoms with van der Waals surface area (Å²) < 4.78 is 0. The molecule has 6 heteroatoms. The number of rotatable bonds is 3. The summed E-state index contributed by atoms with van der Waals surface area (Å²) in [7, 11) is 0. The number of nitrogens with one attached hydrogen (secondary N) is 1. The van der Waals surface area contributed by atoms with Gasteiger partial charge in [0.15, 0.2) is 0 Å². The largest absolute Gasteiger partial charge is 0.478 e. The quantitative estimate of drug-likeness (QED) is 0.694. The number of fused-ring (bicyclic) bond motifs is 1. The molecule has 1 amide bonds. The van der Waals surface area contributed by atoms with Crippen LogP contribution < -0.4 is 10.2 Å². The number of β-amino-alcohol motifs (C(OH)–C–C–N with tert-alkyl or cyclic N) is 1. The molecule has 0 fully saturated rings. The van der Waals surface area contributed by atoms with Gasteiger partial charge >= 0.3 is 5.97 Å². The van der Waals surface area contributed by atoms with Gasteiger partial charge in [-0.1, -0.05) is 0 Å². The van der Waals surface area contributed by atoms with Gasteiger partial charge < -0.3 is 20.4 Å². The van der Waals surface area contributed by atoms with Gasteiger partial charge in [-0.3, -0.25) is 4.79 Å². The van der Waals surface area contributed by atoms with E-state index in [-0.39, 0.29) is 24.6 Å². The molecular weight excluding hydrogens is 224 g/mol. The van der Waals surface area contributed by atoms with Crippen LogP contribution in [0, 0.1) is 0 Å². The van der Waals surface area contributed by atoms with Crippen molar-refractivity contribution in [1.29, 1.82) is 0 Å². The van der Waals surface area contributed by atoms with Crippen LogP contribution in [0.25, 0.3) is 0 Å². The van der Waals surface area contributed by atoms with E-state index in [9.17, 15) is 9.59 Å². The number of hydrogen-bond donors (Lipinski definition) is 3. The first-order chi connectivity index (χ1) is 8.11. The molecule has 0 aromatic heterocycles. The number of aliphatic hydroxyl groups is 1. The van der Waals surface area contributed by atoms with Gasteiger partial charge in [0.05, 0.1) is 30.1 Å². The molecule has 2 rings (SSSR count). The summed E-state index contributed by atoms with van der Waals surface area (Å²) in [5.41, 5.74) is 1.35. The Hall–Kier alpha value is -2.08. The third kappa shape index (κ3) is 2.21. The van der Waals surface area contributed by atoms with Crippen LogP contribution in [0.1, 0.15) is 10.4 Å². The van der Waals surface area contributed by atoms with Crippen molar-refractivity contribution in [3.05, 3.63) is 23.8 Å². The van der Waals surface area contributed by atoms with Crippen molar-refractivity contribution in [2.75, 3.05) is 29.9 Å². The molecule has 6 nitrogen and oxygen atoms in total. The Morgan fingerprint density at radius 1 is 1.47 bits per heavy atom. The monoisotopic (exact) mass is 236 g/mol. The fourth-order valence-electron chi connectivity index (χ4n) is 1.80. The fraction of sp³-hybridized carbons (Fsp3) is 0.273. The van der Waals surface area contributed by atoms with Crippen molar-refractivity contribution >= 4 is 23.3 Å². The van der Waals surface area contributed by atoms with Crippen molar-refractivity contribution in [3.8, 4) is 0 Å². The van der Waals surface area contributed by atoms with Crippen molar-refractivity contribution in [2.24, 2.45) is 0 Å². The number of aromatic carboxylic acids is 1. The molecule has 90 valence electrons. The zero-order valence-electron chi connectivity index (χ0n) is 9.01. The molecule has 0 saturated heterocycles. The zero-order valence-corrected chi connectivity index (χ0v) is 9.01. The SMILES string of the molecule is O=C1CN(CCO)c2cc(C(=O)O)ccc2N1. The van der Waals surface area contributed by atoms with E-state index in [1.54, 1.807) is 11.0 Å². The number of hydrogen-bond acceptors (Lipinski definition) is 4. The fourth-order valence-corrected chi connectivity index (χ4v) is 1.80. The van der Waals surface area contributed by atoms with Crippen molar-refractivity contribution in [3.63, 3.8) is 0 Å². The van der Waals surface area contributed by atoms with E-state index in [2.05, 4.69) is 5.32 Å². The summed E-state index contributed by atoms with van der Waals surface area (Å²) in [6.45, 7) is 0.324. The van der Waals surface area contributed by atoms with E-state index in [1.165, 1.54) is 12.1 Å². The zero-order chi connectivity index (χ0) is 12.4. The predicted molar refractivity (Wildman–Crippen MR) is 61.3 cm³/mol. The number of amides is 1. The lowest BCUT2D eigenvalue weighted by atomic mass is 10.1. The number of anilines is 2. The molecule has 0 bridgehead atoms. The summed E-state index contributed by atoms with van der Waals surface area (Å²) in [6.07, 6.45) is 0. The standard InChI is InChI=1S/C11H12N2O4/c14-4-3-13-6-10(15)12-8-2-1-7(11(16)17)5-9(8)13/h1-2,5,14H,3-4,6H2,(H,12,15)(H,16,17). The van der Waals surface area contributed by atoms with Gasteiger partial charge in [-0.15, -0.1) is 0 Å². The van der Waals surface area contributed by atoms with Gasteiger partial charge in [0.25, 0.3) is 0 Å². The third-order valence-electron chi connectivity index (χ3n) is 2.56. The van der Waals surface area contributed by atoms with E-state index < -0.39 is 5.97 Å². The Balaban J connectivity index is 2.42. The average Bonchev–Trinajstić information content (AvgIpc) is 2.28. The molecule has 0 radical (unpaired) electrons. The Labute approximate surface area is 97.5 Å². The number of nitrogens with zero attached hydrogens (tertiary/aromatic N) is 1. The highest BCUT2D eigenvalue weighted by Crippen LogP contribution is 2.30. The number of aliphatic hydroxyl groups excluding tert-OH is 1. The predicted octanol–water partition coefficient (Wildman–Crippen LogP) is 0.136. The number of carbonyl (C=O) groups excluding carboxylic acids is 1. The maximum atomic E-state index is 11.4. The van der Waals surface area contributed by atoms with Crippen LogP contribution in [0.3, 0.4) is 0 Å². The second kappa shape index (κ2) is 4.42. The number of carbonyl (C=O) groups is 2. The molecule has 1 aromatic carbocycles. The molecule has 17 heavy (non-hydrogen) atoms. The Morgan fingerprint density at radius 3 is 2.88 bits per heavy atom. The summed E-state index contributed by atoms with van der Waals surface area (Å²) in [4.78, 5) is 23.9. The molecule has 0 aliphatic carbocycles. The highest BCUT2D eigenvalue weighted by molar-refractivity contribution is 6.02. The van der Waals surface area contributed by atoms with Gasteiger partial charge in [-0.05, 0) is 18.2 Å². The minimum atomic E-state index is -1.02. The summed E-state index contributed by atoms with van der Waals surface area (Å²) in [5, 5.41) is 20.5. The van der Waals surface area contributed by atoms with E-state index in [0.717, 1.165) is 0 Å². The van der Waals surface area contributed by atoms with Crippen molar-refractivity contribution < 1.29 is 19.8 Å². The number of benzene rings is 1. The average molecular weight is 236 g/mol. The van der Waals surface area contributed by atoms with Crippen LogP contribution in [0.2, 0.25) is 0 Å². The molecular formula is C11H12N2O4. The minimum absolute atomic E-state index is 0.0932. The molecule has 0 saturated carbocycles. The number of carboxylic acid groups (broad SMARTS) is 1. The lowest BCUT2D eigenvalue weighted by Gasteiger charge is -2.30. The molecule has 0 atom stereocenters. The van der Waals surface area contributed by atoms with Gasteiger partial charge in [0.1, 0.15) is 0 Å². The summed E-state index contributed by atoms with van der Waals surface area (Å²) in [6, 6.07) is 4.48. The second-order valence-electron chi connectivity index (χ2n) is 3.73. The van der Waals surface area contributed by atoms with Crippen molar-refractivity contribution in [1.82, 2.24) is 0 Å². The van der Waals surface area contributed by atoms with Crippen LogP contribution in [0.5, 0.6) is 0 Å². The molecule has 3 N–H and O–H groups in total. The summed E-state index contributed by atoms with van der Waals surface area (Å²) >= 11 is 0. The molecule has 0 spiro atoms. The van der Waals surface area contributed by atoms with E-state index >= 15 is 0 Å². The molecule has 1 aliphatic heterocycles. The van der Waals surface area contributed by atoms with E-state index in [0.29, 0.717) is 17.9 Å². The molecule has 1 heterocycles. The van der Waals surface area contributed by atoms with Gasteiger partial charge in [0, 0.05) is 6.54 Å². The molecule has 1 aromatic rings. The first-order valence-electron chi connectivity index (χ1n) is 5.15. The Bertz CT molecular complexity index is 473. The van der Waals surface area contributed by atoms with Crippen LogP contribution in [-0.4, -0.2) is 41.8 Å². The molecule has 1 aliphatic rings. The Morgan fingerprint density at radius 2 is 2.24 bits per heavy atom. The topological polar surface area (TPSA) is 89.9 Å². The molecule has 0 unspecified atom stereocenters. The van der Waals surface area contributed by atoms with Crippen LogP contribution >= 0.6 is 0 Å². The third-order valence-corrected chi connectivity index (χ3v) is 2.56. The van der Waals surface area contributed by atoms with Crippen LogP contribution in [0.4, 0.5) is 11.4 Å². The van der Waals surface area contributed by atoms with Crippen LogP contribution in [-0.2, 0) is 4.79 Å². The van der Waals surface area contributed by atoms with Gasteiger partial charge in [-0.2, -0.15) is 0 Å². The van der Waals surface area contributed by atoms with E-state index in [4.69, 9.17) is 10.2 Å². The van der Waals surface area contributed by atoms with Crippen molar-refractivity contribution in [2.45, 2.75) is 0 Å². The van der Waals surface area contributed by atoms with Gasteiger partial charge in [-0.25, -0.2) is 4.79 Å². The highest BCUT2D eigenvalue weighted by Gasteiger charge is 2.22. The first kappa shape index (κ1) is 11.4.